The number of hydrogen-bond donors (Lipinski definition) is 1. The molecule has 2 unspecified atom stereocenters. The average molecular weight is 278 g/mol. The van der Waals surface area contributed by atoms with Gasteiger partial charge < -0.3 is 10.2 Å². The van der Waals surface area contributed by atoms with Crippen LogP contribution in [0.1, 0.15) is 42.8 Å². The first-order chi connectivity index (χ1) is 9.47. The number of aryl methyl sites for hydroxylation is 2. The lowest BCUT2D eigenvalue weighted by Gasteiger charge is -2.28. The molecule has 1 fully saturated rings. The molecule has 20 heavy (non-hydrogen) atoms. The zero-order valence-corrected chi connectivity index (χ0v) is 13.2. The van der Waals surface area contributed by atoms with E-state index in [9.17, 15) is 4.79 Å². The highest BCUT2D eigenvalue weighted by Gasteiger charge is 2.34. The molecule has 1 amide bonds. The molecule has 5 heteroatoms. The van der Waals surface area contributed by atoms with E-state index < -0.39 is 0 Å². The van der Waals surface area contributed by atoms with E-state index in [0.717, 1.165) is 31.6 Å². The Morgan fingerprint density at radius 3 is 2.75 bits per heavy atom. The number of hydrogen-bond acceptors (Lipinski definition) is 3. The Kier molecular flexibility index (Phi) is 4.48. The SMILES string of the molecule is CNCC(C)C(=O)N1CCCC1c1c(C)nn(C)c1C. The number of nitrogens with one attached hydrogen (secondary N) is 1. The van der Waals surface area contributed by atoms with Crippen molar-refractivity contribution in [2.75, 3.05) is 20.1 Å². The van der Waals surface area contributed by atoms with Crippen LogP contribution >= 0.6 is 0 Å². The van der Waals surface area contributed by atoms with Gasteiger partial charge in [-0.15, -0.1) is 0 Å². The maximum Gasteiger partial charge on any atom is 0.227 e. The van der Waals surface area contributed by atoms with E-state index in [4.69, 9.17) is 0 Å². The van der Waals surface area contributed by atoms with Crippen LogP contribution in [0.15, 0.2) is 0 Å². The number of amides is 1. The topological polar surface area (TPSA) is 50.2 Å². The lowest BCUT2D eigenvalue weighted by Crippen LogP contribution is -2.38. The minimum Gasteiger partial charge on any atom is -0.335 e. The van der Waals surface area contributed by atoms with Crippen LogP contribution in [0.4, 0.5) is 0 Å². The molecule has 2 atom stereocenters. The first-order valence-corrected chi connectivity index (χ1v) is 7.42. The van der Waals surface area contributed by atoms with Crippen LogP contribution in [0.3, 0.4) is 0 Å². The fraction of sp³-hybridized carbons (Fsp3) is 0.733. The van der Waals surface area contributed by atoms with Crippen LogP contribution in [0, 0.1) is 19.8 Å². The summed E-state index contributed by atoms with van der Waals surface area (Å²) in [5.41, 5.74) is 3.47. The zero-order chi connectivity index (χ0) is 14.9. The summed E-state index contributed by atoms with van der Waals surface area (Å²) < 4.78 is 1.92. The van der Waals surface area contributed by atoms with Gasteiger partial charge in [0.1, 0.15) is 0 Å². The highest BCUT2D eigenvalue weighted by Crippen LogP contribution is 2.36. The Balaban J connectivity index is 2.25. The van der Waals surface area contributed by atoms with Crippen molar-refractivity contribution in [2.24, 2.45) is 13.0 Å². The molecule has 112 valence electrons. The van der Waals surface area contributed by atoms with Crippen LogP contribution in [-0.2, 0) is 11.8 Å². The number of nitrogens with zero attached hydrogens (tertiary/aromatic N) is 3. The molecule has 1 aromatic rings. The Hall–Kier alpha value is -1.36. The van der Waals surface area contributed by atoms with Crippen molar-refractivity contribution in [1.29, 1.82) is 0 Å². The fourth-order valence-electron chi connectivity index (χ4n) is 3.28. The lowest BCUT2D eigenvalue weighted by atomic mass is 10.0. The molecule has 1 saturated heterocycles. The number of carbonyl (C=O) groups is 1. The van der Waals surface area contributed by atoms with Crippen molar-refractivity contribution in [2.45, 2.75) is 39.7 Å². The Labute approximate surface area is 121 Å². The highest BCUT2D eigenvalue weighted by molar-refractivity contribution is 5.79. The first kappa shape index (κ1) is 15.0. The number of likely N-dealkylation sites (tertiary alicyclic amines) is 1. The highest BCUT2D eigenvalue weighted by atomic mass is 16.2. The van der Waals surface area contributed by atoms with Gasteiger partial charge in [0.15, 0.2) is 0 Å². The summed E-state index contributed by atoms with van der Waals surface area (Å²) in [5.74, 6) is 0.280. The molecule has 2 heterocycles. The van der Waals surface area contributed by atoms with Gasteiger partial charge in [-0.25, -0.2) is 0 Å². The van der Waals surface area contributed by atoms with E-state index in [-0.39, 0.29) is 17.9 Å². The smallest absolute Gasteiger partial charge is 0.227 e. The zero-order valence-electron chi connectivity index (χ0n) is 13.2. The number of rotatable bonds is 4. The summed E-state index contributed by atoms with van der Waals surface area (Å²) in [6.45, 7) is 7.73. The molecule has 0 saturated carbocycles. The third kappa shape index (κ3) is 2.59. The molecule has 0 spiro atoms. The van der Waals surface area contributed by atoms with Crippen LogP contribution in [0.25, 0.3) is 0 Å². The van der Waals surface area contributed by atoms with Crippen molar-refractivity contribution in [3.05, 3.63) is 17.0 Å². The van der Waals surface area contributed by atoms with Gasteiger partial charge >= 0.3 is 0 Å². The van der Waals surface area contributed by atoms with Crippen LogP contribution in [-0.4, -0.2) is 40.7 Å². The van der Waals surface area contributed by atoms with Crippen LogP contribution in [0.5, 0.6) is 0 Å². The minimum atomic E-state index is 0.0258. The molecule has 1 N–H and O–H groups in total. The normalized spacial score (nSPS) is 20.4. The molecule has 1 aliphatic rings. The maximum atomic E-state index is 12.6. The summed E-state index contributed by atoms with van der Waals surface area (Å²) >= 11 is 0. The molecule has 0 aromatic carbocycles. The quantitative estimate of drug-likeness (QED) is 0.909. The predicted octanol–water partition coefficient (Wildman–Crippen LogP) is 1.56. The third-order valence-electron chi connectivity index (χ3n) is 4.37. The van der Waals surface area contributed by atoms with Gasteiger partial charge in [-0.05, 0) is 33.7 Å². The van der Waals surface area contributed by atoms with E-state index in [1.807, 2.05) is 32.6 Å². The molecule has 5 nitrogen and oxygen atoms in total. The average Bonchev–Trinajstić information content (AvgIpc) is 2.95. The van der Waals surface area contributed by atoms with E-state index in [1.165, 1.54) is 11.3 Å². The second-order valence-corrected chi connectivity index (χ2v) is 5.86. The Bertz CT molecular complexity index is 494. The summed E-state index contributed by atoms with van der Waals surface area (Å²) in [6, 6.07) is 0.204. The van der Waals surface area contributed by atoms with Crippen molar-refractivity contribution in [1.82, 2.24) is 20.0 Å². The van der Waals surface area contributed by atoms with Gasteiger partial charge in [0, 0.05) is 37.3 Å². The second kappa shape index (κ2) is 5.95. The lowest BCUT2D eigenvalue weighted by molar-refractivity contribution is -0.135. The van der Waals surface area contributed by atoms with E-state index >= 15 is 0 Å². The van der Waals surface area contributed by atoms with Crippen molar-refractivity contribution < 1.29 is 4.79 Å². The van der Waals surface area contributed by atoms with E-state index in [0.29, 0.717) is 0 Å². The minimum absolute atomic E-state index is 0.0258. The predicted molar refractivity (Wildman–Crippen MR) is 79.5 cm³/mol. The maximum absolute atomic E-state index is 12.6. The molecular weight excluding hydrogens is 252 g/mol. The van der Waals surface area contributed by atoms with Gasteiger partial charge in [0.2, 0.25) is 5.91 Å². The summed E-state index contributed by atoms with van der Waals surface area (Å²) in [6.07, 6.45) is 2.13. The third-order valence-corrected chi connectivity index (χ3v) is 4.37. The van der Waals surface area contributed by atoms with Gasteiger partial charge in [-0.2, -0.15) is 5.10 Å². The first-order valence-electron chi connectivity index (χ1n) is 7.42. The van der Waals surface area contributed by atoms with E-state index in [1.54, 1.807) is 0 Å². The summed E-state index contributed by atoms with van der Waals surface area (Å²) in [4.78, 5) is 14.7. The molecular formula is C15H26N4O. The standard InChI is InChI=1S/C15H26N4O/c1-10(9-16-4)15(20)19-8-6-7-13(19)14-11(2)17-18(5)12(14)3/h10,13,16H,6-9H2,1-5H3. The van der Waals surface area contributed by atoms with Crippen LogP contribution in [0.2, 0.25) is 0 Å². The van der Waals surface area contributed by atoms with Gasteiger partial charge in [-0.3, -0.25) is 9.48 Å². The fourth-order valence-corrected chi connectivity index (χ4v) is 3.28. The van der Waals surface area contributed by atoms with E-state index in [2.05, 4.69) is 22.2 Å². The summed E-state index contributed by atoms with van der Waals surface area (Å²) in [5, 5.41) is 7.59. The van der Waals surface area contributed by atoms with Crippen LogP contribution < -0.4 is 5.32 Å². The molecule has 1 aliphatic heterocycles. The van der Waals surface area contributed by atoms with Gasteiger partial charge in [0.25, 0.3) is 0 Å². The second-order valence-electron chi connectivity index (χ2n) is 5.86. The summed E-state index contributed by atoms with van der Waals surface area (Å²) in [7, 11) is 3.86. The largest absolute Gasteiger partial charge is 0.335 e. The Morgan fingerprint density at radius 2 is 2.20 bits per heavy atom. The monoisotopic (exact) mass is 278 g/mol. The number of carbonyl (C=O) groups excluding carboxylic acids is 1. The number of aromatic nitrogens is 2. The van der Waals surface area contributed by atoms with Crippen molar-refractivity contribution in [3.8, 4) is 0 Å². The Morgan fingerprint density at radius 1 is 1.50 bits per heavy atom. The molecule has 2 rings (SSSR count). The van der Waals surface area contributed by atoms with Crippen molar-refractivity contribution in [3.63, 3.8) is 0 Å². The molecule has 1 aromatic heterocycles. The molecule has 0 bridgehead atoms. The molecule has 0 aliphatic carbocycles. The van der Waals surface area contributed by atoms with Crippen molar-refractivity contribution >= 4 is 5.91 Å². The van der Waals surface area contributed by atoms with Gasteiger partial charge in [0.05, 0.1) is 11.7 Å². The molecule has 0 radical (unpaired) electrons. The van der Waals surface area contributed by atoms with Gasteiger partial charge in [-0.1, -0.05) is 6.92 Å².